The molecule has 6 heteroatoms. The second-order valence-corrected chi connectivity index (χ2v) is 4.96. The van der Waals surface area contributed by atoms with Crippen LogP contribution < -0.4 is 5.43 Å². The maximum Gasteiger partial charge on any atom is 0.242 e. The van der Waals surface area contributed by atoms with E-state index in [4.69, 9.17) is 4.74 Å². The monoisotopic (exact) mass is 290 g/mol. The van der Waals surface area contributed by atoms with Crippen molar-refractivity contribution in [2.75, 3.05) is 26.3 Å². The van der Waals surface area contributed by atoms with E-state index in [9.17, 15) is 14.0 Å². The van der Waals surface area contributed by atoms with Gasteiger partial charge in [0.25, 0.3) is 0 Å². The van der Waals surface area contributed by atoms with Crippen LogP contribution in [0.25, 0.3) is 10.9 Å². The molecule has 0 radical (unpaired) electrons. The van der Waals surface area contributed by atoms with Crippen molar-refractivity contribution in [2.24, 2.45) is 0 Å². The molecule has 1 aliphatic heterocycles. The van der Waals surface area contributed by atoms with Crippen molar-refractivity contribution in [1.82, 2.24) is 9.47 Å². The third kappa shape index (κ3) is 2.80. The van der Waals surface area contributed by atoms with Crippen LogP contribution in [0, 0.1) is 5.82 Å². The number of morpholine rings is 1. The Morgan fingerprint density at radius 2 is 2.00 bits per heavy atom. The van der Waals surface area contributed by atoms with Crippen LogP contribution >= 0.6 is 0 Å². The second kappa shape index (κ2) is 5.65. The number of rotatable bonds is 2. The number of halogens is 1. The zero-order valence-corrected chi connectivity index (χ0v) is 11.4. The van der Waals surface area contributed by atoms with Crippen LogP contribution in [0.4, 0.5) is 4.39 Å². The van der Waals surface area contributed by atoms with Crippen molar-refractivity contribution >= 4 is 16.8 Å². The molecule has 0 aliphatic carbocycles. The van der Waals surface area contributed by atoms with Crippen LogP contribution in [0.1, 0.15) is 0 Å². The first-order valence-corrected chi connectivity index (χ1v) is 6.79. The molecule has 0 unspecified atom stereocenters. The fourth-order valence-corrected chi connectivity index (χ4v) is 2.48. The summed E-state index contributed by atoms with van der Waals surface area (Å²) in [4.78, 5) is 25.8. The minimum absolute atomic E-state index is 0.0347. The zero-order valence-electron chi connectivity index (χ0n) is 11.4. The first-order chi connectivity index (χ1) is 10.1. The molecule has 1 aromatic heterocycles. The molecule has 0 bridgehead atoms. The Balaban J connectivity index is 1.92. The van der Waals surface area contributed by atoms with Gasteiger partial charge in [-0.05, 0) is 18.2 Å². The molecule has 2 aromatic rings. The van der Waals surface area contributed by atoms with Gasteiger partial charge in [-0.2, -0.15) is 0 Å². The molecular formula is C15H15FN2O3. The Hall–Kier alpha value is -2.21. The zero-order chi connectivity index (χ0) is 14.8. The molecule has 5 nitrogen and oxygen atoms in total. The van der Waals surface area contributed by atoms with Crippen molar-refractivity contribution in [3.8, 4) is 0 Å². The van der Waals surface area contributed by atoms with E-state index < -0.39 is 5.82 Å². The van der Waals surface area contributed by atoms with Crippen LogP contribution in [-0.2, 0) is 16.1 Å². The normalized spacial score (nSPS) is 15.4. The van der Waals surface area contributed by atoms with E-state index in [1.54, 1.807) is 15.7 Å². The lowest BCUT2D eigenvalue weighted by Gasteiger charge is -2.27. The van der Waals surface area contributed by atoms with E-state index >= 15 is 0 Å². The number of benzene rings is 1. The van der Waals surface area contributed by atoms with Crippen LogP contribution in [0.2, 0.25) is 0 Å². The number of hydrogen-bond acceptors (Lipinski definition) is 3. The molecule has 0 saturated carbocycles. The lowest BCUT2D eigenvalue weighted by atomic mass is 10.2. The molecule has 2 heterocycles. The summed E-state index contributed by atoms with van der Waals surface area (Å²) in [7, 11) is 0. The first-order valence-electron chi connectivity index (χ1n) is 6.79. The summed E-state index contributed by atoms with van der Waals surface area (Å²) in [5.41, 5.74) is 0.310. The summed E-state index contributed by atoms with van der Waals surface area (Å²) in [6, 6.07) is 5.37. The predicted molar refractivity (Wildman–Crippen MR) is 75.6 cm³/mol. The number of hydrogen-bond donors (Lipinski definition) is 0. The Bertz CT molecular complexity index is 735. The molecule has 1 amide bonds. The van der Waals surface area contributed by atoms with E-state index in [-0.39, 0.29) is 23.3 Å². The standard InChI is InChI=1S/C15H15FN2O3/c16-11-1-2-13-12(9-11)14(19)3-4-18(13)10-15(20)17-5-7-21-8-6-17/h1-4,9H,5-8,10H2. The van der Waals surface area contributed by atoms with E-state index in [2.05, 4.69) is 0 Å². The number of carbonyl (C=O) groups excluding carboxylic acids is 1. The van der Waals surface area contributed by atoms with E-state index in [1.165, 1.54) is 24.3 Å². The minimum atomic E-state index is -0.461. The molecule has 0 N–H and O–H groups in total. The molecule has 1 saturated heterocycles. The highest BCUT2D eigenvalue weighted by Gasteiger charge is 2.17. The van der Waals surface area contributed by atoms with Crippen molar-refractivity contribution < 1.29 is 13.9 Å². The molecule has 21 heavy (non-hydrogen) atoms. The first kappa shape index (κ1) is 13.8. The second-order valence-electron chi connectivity index (χ2n) is 4.96. The Labute approximate surface area is 120 Å². The van der Waals surface area contributed by atoms with E-state index in [0.29, 0.717) is 31.8 Å². The molecule has 0 atom stereocenters. The molecule has 1 aliphatic rings. The average Bonchev–Trinajstić information content (AvgIpc) is 2.51. The highest BCUT2D eigenvalue weighted by atomic mass is 19.1. The molecule has 1 aromatic carbocycles. The van der Waals surface area contributed by atoms with Gasteiger partial charge in [-0.1, -0.05) is 0 Å². The van der Waals surface area contributed by atoms with Crippen LogP contribution in [-0.4, -0.2) is 41.7 Å². The number of aromatic nitrogens is 1. The summed E-state index contributed by atoms with van der Waals surface area (Å²) in [5, 5.41) is 0.285. The van der Waals surface area contributed by atoms with Gasteiger partial charge in [-0.15, -0.1) is 0 Å². The molecule has 110 valence electrons. The van der Waals surface area contributed by atoms with Gasteiger partial charge in [0.2, 0.25) is 5.91 Å². The molecule has 1 fully saturated rings. The van der Waals surface area contributed by atoms with Crippen LogP contribution in [0.15, 0.2) is 35.3 Å². The molecule has 3 rings (SSSR count). The predicted octanol–water partition coefficient (Wildman–Crippen LogP) is 0.999. The topological polar surface area (TPSA) is 51.5 Å². The summed E-state index contributed by atoms with van der Waals surface area (Å²) in [6.45, 7) is 2.36. The summed E-state index contributed by atoms with van der Waals surface area (Å²) in [5.74, 6) is -0.496. The SMILES string of the molecule is O=C(Cn1ccc(=O)c2cc(F)ccc21)N1CCOCC1. The summed E-state index contributed by atoms with van der Waals surface area (Å²) in [6.07, 6.45) is 1.57. The van der Waals surface area contributed by atoms with Gasteiger partial charge >= 0.3 is 0 Å². The van der Waals surface area contributed by atoms with Gasteiger partial charge in [-0.25, -0.2) is 4.39 Å². The third-order valence-corrected chi connectivity index (χ3v) is 3.61. The van der Waals surface area contributed by atoms with Gasteiger partial charge in [0.1, 0.15) is 12.4 Å². The van der Waals surface area contributed by atoms with Gasteiger partial charge in [0, 0.05) is 30.7 Å². The maximum absolute atomic E-state index is 13.3. The quantitative estimate of drug-likeness (QED) is 0.829. The number of pyridine rings is 1. The third-order valence-electron chi connectivity index (χ3n) is 3.61. The summed E-state index contributed by atoms with van der Waals surface area (Å²) >= 11 is 0. The van der Waals surface area contributed by atoms with Crippen LogP contribution in [0.3, 0.4) is 0 Å². The number of nitrogens with zero attached hydrogens (tertiary/aromatic N) is 2. The molecule has 0 spiro atoms. The maximum atomic E-state index is 13.3. The number of amides is 1. The van der Waals surface area contributed by atoms with Crippen molar-refractivity contribution in [3.63, 3.8) is 0 Å². The van der Waals surface area contributed by atoms with Gasteiger partial charge in [0.05, 0.1) is 18.7 Å². The van der Waals surface area contributed by atoms with Crippen molar-refractivity contribution in [1.29, 1.82) is 0 Å². The molecular weight excluding hydrogens is 275 g/mol. The number of fused-ring (bicyclic) bond motifs is 1. The van der Waals surface area contributed by atoms with Gasteiger partial charge in [-0.3, -0.25) is 9.59 Å². The van der Waals surface area contributed by atoms with E-state index in [1.807, 2.05) is 0 Å². The van der Waals surface area contributed by atoms with Crippen molar-refractivity contribution in [3.05, 3.63) is 46.5 Å². The summed E-state index contributed by atoms with van der Waals surface area (Å²) < 4.78 is 20.2. The fraction of sp³-hybridized carbons (Fsp3) is 0.333. The fourth-order valence-electron chi connectivity index (χ4n) is 2.48. The number of carbonyl (C=O) groups is 1. The lowest BCUT2D eigenvalue weighted by Crippen LogP contribution is -2.42. The van der Waals surface area contributed by atoms with Gasteiger partial charge < -0.3 is 14.2 Å². The average molecular weight is 290 g/mol. The van der Waals surface area contributed by atoms with Gasteiger partial charge in [0.15, 0.2) is 5.43 Å². The Morgan fingerprint density at radius 1 is 1.24 bits per heavy atom. The minimum Gasteiger partial charge on any atom is -0.378 e. The largest absolute Gasteiger partial charge is 0.378 e. The van der Waals surface area contributed by atoms with E-state index in [0.717, 1.165) is 0 Å². The lowest BCUT2D eigenvalue weighted by molar-refractivity contribution is -0.135. The van der Waals surface area contributed by atoms with Crippen molar-refractivity contribution in [2.45, 2.75) is 6.54 Å². The Kier molecular flexibility index (Phi) is 3.70. The Morgan fingerprint density at radius 3 is 2.76 bits per heavy atom. The highest BCUT2D eigenvalue weighted by Crippen LogP contribution is 2.12. The number of ether oxygens (including phenoxy) is 1. The van der Waals surface area contributed by atoms with Crippen LogP contribution in [0.5, 0.6) is 0 Å². The highest BCUT2D eigenvalue weighted by molar-refractivity contribution is 5.82. The smallest absolute Gasteiger partial charge is 0.242 e.